The Morgan fingerprint density at radius 1 is 1.17 bits per heavy atom. The van der Waals surface area contributed by atoms with Crippen LogP contribution in [0.4, 0.5) is 0 Å². The zero-order chi connectivity index (χ0) is 25.0. The maximum Gasteiger partial charge on any atom is 0.345 e. The molecule has 0 fully saturated rings. The van der Waals surface area contributed by atoms with Gasteiger partial charge < -0.3 is 9.72 Å². The lowest BCUT2D eigenvalue weighted by molar-refractivity contribution is 0.0522. The fourth-order valence-electron chi connectivity index (χ4n) is 4.65. The molecule has 11 heteroatoms. The van der Waals surface area contributed by atoms with Gasteiger partial charge in [-0.2, -0.15) is 0 Å². The maximum atomic E-state index is 13.7. The van der Waals surface area contributed by atoms with Crippen LogP contribution >= 0.6 is 23.2 Å². The lowest BCUT2D eigenvalue weighted by Crippen LogP contribution is -2.44. The van der Waals surface area contributed by atoms with Crippen molar-refractivity contribution in [2.75, 3.05) is 6.61 Å². The number of fused-ring (bicyclic) bond motifs is 2. The number of hydrogen-bond acceptors (Lipinski definition) is 5. The van der Waals surface area contributed by atoms with E-state index in [1.54, 1.807) is 44.3 Å². The first kappa shape index (κ1) is 23.2. The van der Waals surface area contributed by atoms with E-state index in [4.69, 9.17) is 27.9 Å². The van der Waals surface area contributed by atoms with Crippen LogP contribution in [0.2, 0.25) is 10.0 Å². The summed E-state index contributed by atoms with van der Waals surface area (Å²) in [6.45, 7) is 1.69. The average molecular weight is 515 g/mol. The summed E-state index contributed by atoms with van der Waals surface area (Å²) in [4.78, 5) is 54.6. The first-order valence-electron chi connectivity index (χ1n) is 10.9. The molecule has 4 aromatic rings. The molecule has 0 bridgehead atoms. The van der Waals surface area contributed by atoms with Gasteiger partial charge in [-0.3, -0.25) is 18.5 Å². The Morgan fingerprint density at radius 2 is 1.94 bits per heavy atom. The van der Waals surface area contributed by atoms with E-state index in [1.807, 2.05) is 0 Å². The number of H-pyrrole nitrogens is 1. The molecule has 1 N–H and O–H groups in total. The highest BCUT2D eigenvalue weighted by atomic mass is 35.5. The van der Waals surface area contributed by atoms with Gasteiger partial charge in [-0.05, 0) is 61.2 Å². The Labute approximate surface area is 208 Å². The Hall–Kier alpha value is -3.56. The van der Waals surface area contributed by atoms with Crippen molar-refractivity contribution in [1.29, 1.82) is 0 Å². The van der Waals surface area contributed by atoms with E-state index in [1.165, 1.54) is 15.3 Å². The molecule has 0 spiro atoms. The third kappa shape index (κ3) is 3.71. The summed E-state index contributed by atoms with van der Waals surface area (Å²) in [7, 11) is 1.62. The quantitative estimate of drug-likeness (QED) is 0.420. The third-order valence-corrected chi connectivity index (χ3v) is 6.87. The fourth-order valence-corrected chi connectivity index (χ4v) is 5.25. The van der Waals surface area contributed by atoms with Gasteiger partial charge in [0.15, 0.2) is 0 Å². The van der Waals surface area contributed by atoms with Gasteiger partial charge >= 0.3 is 17.3 Å². The minimum atomic E-state index is -0.837. The van der Waals surface area contributed by atoms with Gasteiger partial charge in [0.25, 0.3) is 5.56 Å². The standard InChI is InChI=1S/C24H20Cl2N4O5/c1-3-35-22(32)16-11-29(13-4-6-20-18(10-13)27-23(33)28(20)2)24(34)30(21(16)31)19-7-5-14-15(19)8-12(25)9-17(14)26/h4,6,8-11,19H,3,5,7H2,1-2H3,(H,27,33). The molecule has 2 heterocycles. The molecule has 5 rings (SSSR count). The molecular weight excluding hydrogens is 495 g/mol. The molecule has 1 aliphatic rings. The normalized spacial score (nSPS) is 14.9. The number of carbonyl (C=O) groups excluding carboxylic acids is 1. The summed E-state index contributed by atoms with van der Waals surface area (Å²) in [5.41, 5.74) is 0.990. The molecular formula is C24H20Cl2N4O5. The second-order valence-electron chi connectivity index (χ2n) is 8.29. The lowest BCUT2D eigenvalue weighted by atomic mass is 10.1. The minimum Gasteiger partial charge on any atom is -0.462 e. The topological polar surface area (TPSA) is 108 Å². The van der Waals surface area contributed by atoms with E-state index < -0.39 is 23.3 Å². The van der Waals surface area contributed by atoms with Crippen LogP contribution in [0.1, 0.15) is 40.9 Å². The molecule has 0 saturated heterocycles. The number of aromatic amines is 1. The molecule has 1 atom stereocenters. The van der Waals surface area contributed by atoms with Crippen molar-refractivity contribution in [1.82, 2.24) is 18.7 Å². The van der Waals surface area contributed by atoms with E-state index >= 15 is 0 Å². The first-order valence-corrected chi connectivity index (χ1v) is 11.7. The Bertz CT molecular complexity index is 1700. The molecule has 0 radical (unpaired) electrons. The van der Waals surface area contributed by atoms with E-state index in [0.717, 1.165) is 10.1 Å². The summed E-state index contributed by atoms with van der Waals surface area (Å²) in [6, 6.07) is 7.57. The van der Waals surface area contributed by atoms with Crippen LogP contribution < -0.4 is 16.9 Å². The molecule has 2 aromatic heterocycles. The SMILES string of the molecule is CCOC(=O)c1cn(-c2ccc3c(c2)[nH]c(=O)n3C)c(=O)n(C2CCc3c(Cl)cc(Cl)cc32)c1=O. The van der Waals surface area contributed by atoms with Crippen LogP contribution in [0.15, 0.2) is 50.9 Å². The first-order chi connectivity index (χ1) is 16.7. The number of aryl methyl sites for hydroxylation is 1. The van der Waals surface area contributed by atoms with Crippen LogP contribution in [0, 0.1) is 0 Å². The van der Waals surface area contributed by atoms with Gasteiger partial charge in [0.05, 0.1) is 29.4 Å². The van der Waals surface area contributed by atoms with Crippen molar-refractivity contribution in [3.8, 4) is 5.69 Å². The second-order valence-corrected chi connectivity index (χ2v) is 9.14. The minimum absolute atomic E-state index is 0.0616. The molecule has 35 heavy (non-hydrogen) atoms. The van der Waals surface area contributed by atoms with Crippen LogP contribution in [-0.4, -0.2) is 31.3 Å². The maximum absolute atomic E-state index is 13.7. The highest BCUT2D eigenvalue weighted by molar-refractivity contribution is 6.35. The van der Waals surface area contributed by atoms with Gasteiger partial charge in [-0.1, -0.05) is 23.2 Å². The van der Waals surface area contributed by atoms with Gasteiger partial charge in [-0.15, -0.1) is 0 Å². The van der Waals surface area contributed by atoms with Crippen LogP contribution in [0.25, 0.3) is 16.7 Å². The number of nitrogens with one attached hydrogen (secondary N) is 1. The van der Waals surface area contributed by atoms with E-state index in [-0.39, 0.29) is 17.9 Å². The monoisotopic (exact) mass is 514 g/mol. The van der Waals surface area contributed by atoms with Gasteiger partial charge in [0.2, 0.25) is 0 Å². The molecule has 180 valence electrons. The van der Waals surface area contributed by atoms with E-state index in [2.05, 4.69) is 4.98 Å². The number of imidazole rings is 1. The molecule has 2 aromatic carbocycles. The van der Waals surface area contributed by atoms with Crippen molar-refractivity contribution >= 4 is 40.2 Å². The molecule has 0 aliphatic heterocycles. The van der Waals surface area contributed by atoms with Crippen molar-refractivity contribution in [2.45, 2.75) is 25.8 Å². The number of halogens is 2. The summed E-state index contributed by atoms with van der Waals surface area (Å²) in [5, 5.41) is 0.845. The Kier molecular flexibility index (Phi) is 5.69. The number of esters is 1. The largest absolute Gasteiger partial charge is 0.462 e. The zero-order valence-corrected chi connectivity index (χ0v) is 20.3. The number of rotatable bonds is 4. The molecule has 0 amide bonds. The molecule has 0 saturated carbocycles. The van der Waals surface area contributed by atoms with Crippen molar-refractivity contribution in [2.24, 2.45) is 7.05 Å². The predicted molar refractivity (Wildman–Crippen MR) is 132 cm³/mol. The zero-order valence-electron chi connectivity index (χ0n) is 18.8. The molecule has 1 unspecified atom stereocenters. The summed E-state index contributed by atoms with van der Waals surface area (Å²) in [5.74, 6) is -0.837. The number of aromatic nitrogens is 4. The van der Waals surface area contributed by atoms with Crippen molar-refractivity contribution in [3.63, 3.8) is 0 Å². The smallest absolute Gasteiger partial charge is 0.345 e. The fraction of sp³-hybridized carbons (Fsp3) is 0.250. The van der Waals surface area contributed by atoms with E-state index in [9.17, 15) is 19.2 Å². The highest BCUT2D eigenvalue weighted by Crippen LogP contribution is 2.39. The van der Waals surface area contributed by atoms with Crippen LogP contribution in [-0.2, 0) is 18.2 Å². The number of hydrogen-bond donors (Lipinski definition) is 1. The lowest BCUT2D eigenvalue weighted by Gasteiger charge is -2.19. The van der Waals surface area contributed by atoms with Crippen LogP contribution in [0.5, 0.6) is 0 Å². The average Bonchev–Trinajstić information content (AvgIpc) is 3.34. The molecule has 1 aliphatic carbocycles. The van der Waals surface area contributed by atoms with Crippen LogP contribution in [0.3, 0.4) is 0 Å². The molecule has 9 nitrogen and oxygen atoms in total. The Morgan fingerprint density at radius 3 is 2.69 bits per heavy atom. The number of nitrogens with zero attached hydrogens (tertiary/aromatic N) is 3. The summed E-state index contributed by atoms with van der Waals surface area (Å²) < 4.78 is 8.80. The van der Waals surface area contributed by atoms with Gasteiger partial charge in [-0.25, -0.2) is 14.4 Å². The van der Waals surface area contributed by atoms with Crippen molar-refractivity contribution < 1.29 is 9.53 Å². The van der Waals surface area contributed by atoms with Crippen molar-refractivity contribution in [3.05, 3.63) is 94.6 Å². The van der Waals surface area contributed by atoms with Gasteiger partial charge in [0.1, 0.15) is 5.56 Å². The second kappa shape index (κ2) is 8.58. The summed E-state index contributed by atoms with van der Waals surface area (Å²) in [6.07, 6.45) is 2.16. The highest BCUT2D eigenvalue weighted by Gasteiger charge is 2.31. The number of ether oxygens (including phenoxy) is 1. The Balaban J connectivity index is 1.78. The predicted octanol–water partition coefficient (Wildman–Crippen LogP) is 3.20. The number of benzene rings is 2. The summed E-state index contributed by atoms with van der Waals surface area (Å²) >= 11 is 12.6. The van der Waals surface area contributed by atoms with Gasteiger partial charge in [0, 0.05) is 23.3 Å². The third-order valence-electron chi connectivity index (χ3n) is 6.31. The number of carbonyl (C=O) groups is 1. The van der Waals surface area contributed by atoms with E-state index in [0.29, 0.717) is 45.2 Å².